The highest BCUT2D eigenvalue weighted by atomic mass is 16.5. The summed E-state index contributed by atoms with van der Waals surface area (Å²) in [5, 5.41) is 8.83. The monoisotopic (exact) mass is 227 g/mol. The molecule has 0 spiro atoms. The van der Waals surface area contributed by atoms with Crippen molar-refractivity contribution in [2.45, 2.75) is 25.9 Å². The zero-order chi connectivity index (χ0) is 11.7. The first kappa shape index (κ1) is 11.4. The van der Waals surface area contributed by atoms with Gasteiger partial charge in [-0.25, -0.2) is 4.79 Å². The summed E-state index contributed by atoms with van der Waals surface area (Å²) in [4.78, 5) is 24.4. The molecule has 1 amide bonds. The van der Waals surface area contributed by atoms with Gasteiger partial charge in [0.05, 0.1) is 13.2 Å². The van der Waals surface area contributed by atoms with Crippen LogP contribution in [0.5, 0.6) is 0 Å². The number of carboxylic acids is 1. The van der Waals surface area contributed by atoms with Crippen molar-refractivity contribution in [3.05, 3.63) is 0 Å². The fraction of sp³-hybridized carbons (Fsp3) is 0.818. The van der Waals surface area contributed by atoms with E-state index in [-0.39, 0.29) is 18.4 Å². The summed E-state index contributed by atoms with van der Waals surface area (Å²) in [5.74, 6) is -0.361. The molecule has 90 valence electrons. The van der Waals surface area contributed by atoms with Crippen LogP contribution in [-0.4, -0.2) is 47.7 Å². The average Bonchev–Trinajstić information content (AvgIpc) is 3.11. The Balaban J connectivity index is 1.92. The summed E-state index contributed by atoms with van der Waals surface area (Å²) in [6.45, 7) is 2.95. The Kier molecular flexibility index (Phi) is 3.14. The van der Waals surface area contributed by atoms with E-state index in [1.165, 1.54) is 0 Å². The van der Waals surface area contributed by atoms with Gasteiger partial charge in [-0.3, -0.25) is 4.79 Å². The molecule has 0 bridgehead atoms. The molecule has 1 aliphatic carbocycles. The van der Waals surface area contributed by atoms with Gasteiger partial charge < -0.3 is 14.7 Å². The minimum absolute atomic E-state index is 0.0348. The molecule has 2 aliphatic rings. The van der Waals surface area contributed by atoms with E-state index < -0.39 is 12.1 Å². The molecule has 2 fully saturated rings. The zero-order valence-corrected chi connectivity index (χ0v) is 9.39. The van der Waals surface area contributed by atoms with Crippen molar-refractivity contribution in [3.8, 4) is 0 Å². The van der Waals surface area contributed by atoms with E-state index in [4.69, 9.17) is 9.84 Å². The van der Waals surface area contributed by atoms with Crippen LogP contribution in [0, 0.1) is 11.8 Å². The number of carboxylic acid groups (broad SMARTS) is 1. The quantitative estimate of drug-likeness (QED) is 0.755. The molecule has 2 unspecified atom stereocenters. The second-order valence-corrected chi connectivity index (χ2v) is 4.61. The number of rotatable bonds is 3. The van der Waals surface area contributed by atoms with Gasteiger partial charge in [-0.1, -0.05) is 6.92 Å². The van der Waals surface area contributed by atoms with E-state index in [1.54, 1.807) is 4.90 Å². The van der Waals surface area contributed by atoms with E-state index in [0.717, 1.165) is 12.8 Å². The number of aliphatic carboxylic acids is 1. The molecule has 5 nitrogen and oxygen atoms in total. The number of carbonyl (C=O) groups is 2. The zero-order valence-electron chi connectivity index (χ0n) is 9.39. The summed E-state index contributed by atoms with van der Waals surface area (Å²) in [7, 11) is 0. The van der Waals surface area contributed by atoms with E-state index in [2.05, 4.69) is 0 Å². The molecule has 0 radical (unpaired) electrons. The molecule has 0 aromatic rings. The van der Waals surface area contributed by atoms with Crippen molar-refractivity contribution in [3.63, 3.8) is 0 Å². The highest BCUT2D eigenvalue weighted by Crippen LogP contribution is 2.37. The molecule has 2 rings (SSSR count). The number of hydrogen-bond acceptors (Lipinski definition) is 3. The van der Waals surface area contributed by atoms with E-state index in [9.17, 15) is 9.59 Å². The smallest absolute Gasteiger partial charge is 0.334 e. The van der Waals surface area contributed by atoms with Gasteiger partial charge in [0.15, 0.2) is 6.10 Å². The Hall–Kier alpha value is -1.10. The topological polar surface area (TPSA) is 66.8 Å². The van der Waals surface area contributed by atoms with E-state index in [1.807, 2.05) is 6.92 Å². The molecule has 1 saturated heterocycles. The van der Waals surface area contributed by atoms with Gasteiger partial charge in [0.1, 0.15) is 0 Å². The van der Waals surface area contributed by atoms with Crippen LogP contribution in [0.2, 0.25) is 0 Å². The minimum atomic E-state index is -0.989. The maximum absolute atomic E-state index is 12.0. The molecule has 1 aliphatic heterocycles. The third-order valence-electron chi connectivity index (χ3n) is 3.37. The van der Waals surface area contributed by atoms with Gasteiger partial charge in [0.2, 0.25) is 5.91 Å². The number of carbonyl (C=O) groups excluding carboxylic acids is 1. The van der Waals surface area contributed by atoms with Crippen molar-refractivity contribution < 1.29 is 19.4 Å². The number of hydrogen-bond donors (Lipinski definition) is 1. The van der Waals surface area contributed by atoms with Crippen LogP contribution >= 0.6 is 0 Å². The Labute approximate surface area is 94.4 Å². The van der Waals surface area contributed by atoms with Gasteiger partial charge in [0.25, 0.3) is 0 Å². The fourth-order valence-corrected chi connectivity index (χ4v) is 2.08. The molecule has 1 heterocycles. The maximum Gasteiger partial charge on any atom is 0.334 e. The molecule has 2 atom stereocenters. The van der Waals surface area contributed by atoms with Gasteiger partial charge >= 0.3 is 5.97 Å². The molecule has 1 N–H and O–H groups in total. The van der Waals surface area contributed by atoms with Crippen molar-refractivity contribution in [2.24, 2.45) is 11.8 Å². The Morgan fingerprint density at radius 2 is 2.12 bits per heavy atom. The van der Waals surface area contributed by atoms with Crippen molar-refractivity contribution in [1.82, 2.24) is 4.90 Å². The highest BCUT2D eigenvalue weighted by molar-refractivity contribution is 5.80. The summed E-state index contributed by atoms with van der Waals surface area (Å²) < 4.78 is 5.08. The lowest BCUT2D eigenvalue weighted by Gasteiger charge is -2.32. The highest BCUT2D eigenvalue weighted by Gasteiger charge is 2.37. The molecule has 0 aromatic carbocycles. The summed E-state index contributed by atoms with van der Waals surface area (Å²) in [6, 6.07) is 0. The van der Waals surface area contributed by atoms with Crippen LogP contribution in [0.25, 0.3) is 0 Å². The van der Waals surface area contributed by atoms with Crippen LogP contribution in [0.15, 0.2) is 0 Å². The van der Waals surface area contributed by atoms with Gasteiger partial charge in [-0.2, -0.15) is 0 Å². The van der Waals surface area contributed by atoms with E-state index >= 15 is 0 Å². The largest absolute Gasteiger partial charge is 0.479 e. The van der Waals surface area contributed by atoms with Crippen LogP contribution in [0.4, 0.5) is 0 Å². The van der Waals surface area contributed by atoms with Crippen LogP contribution in [0.3, 0.4) is 0 Å². The SMILES string of the molecule is CC(C(=O)N1CCOC(C(=O)O)C1)C1CC1. The van der Waals surface area contributed by atoms with Crippen molar-refractivity contribution in [2.75, 3.05) is 19.7 Å². The lowest BCUT2D eigenvalue weighted by atomic mass is 10.0. The average molecular weight is 227 g/mol. The number of morpholine rings is 1. The van der Waals surface area contributed by atoms with Crippen molar-refractivity contribution >= 4 is 11.9 Å². The fourth-order valence-electron chi connectivity index (χ4n) is 2.08. The minimum Gasteiger partial charge on any atom is -0.479 e. The molecule has 5 heteroatoms. The van der Waals surface area contributed by atoms with E-state index in [0.29, 0.717) is 19.1 Å². The lowest BCUT2D eigenvalue weighted by molar-refractivity contribution is -0.160. The summed E-state index contributed by atoms with van der Waals surface area (Å²) in [5.41, 5.74) is 0. The first-order chi connectivity index (χ1) is 7.59. The Morgan fingerprint density at radius 1 is 1.44 bits per heavy atom. The molecule has 1 saturated carbocycles. The second kappa shape index (κ2) is 4.41. The summed E-state index contributed by atoms with van der Waals surface area (Å²) in [6.07, 6.45) is 1.39. The van der Waals surface area contributed by atoms with Crippen LogP contribution in [-0.2, 0) is 14.3 Å². The standard InChI is InChI=1S/C11H17NO4/c1-7(8-2-3-8)10(13)12-4-5-16-9(6-12)11(14)15/h7-9H,2-6H2,1H3,(H,14,15). The predicted molar refractivity (Wildman–Crippen MR) is 55.8 cm³/mol. The lowest BCUT2D eigenvalue weighted by Crippen LogP contribution is -2.50. The van der Waals surface area contributed by atoms with Gasteiger partial charge in [-0.15, -0.1) is 0 Å². The number of ether oxygens (including phenoxy) is 1. The third-order valence-corrected chi connectivity index (χ3v) is 3.37. The number of amides is 1. The first-order valence-corrected chi connectivity index (χ1v) is 5.73. The first-order valence-electron chi connectivity index (χ1n) is 5.73. The van der Waals surface area contributed by atoms with Crippen molar-refractivity contribution in [1.29, 1.82) is 0 Å². The Bertz CT molecular complexity index is 300. The normalized spacial score (nSPS) is 27.6. The summed E-state index contributed by atoms with van der Waals surface area (Å²) >= 11 is 0. The molecular weight excluding hydrogens is 210 g/mol. The molecular formula is C11H17NO4. The van der Waals surface area contributed by atoms with Crippen LogP contribution in [0.1, 0.15) is 19.8 Å². The molecule has 16 heavy (non-hydrogen) atoms. The van der Waals surface area contributed by atoms with Gasteiger partial charge in [-0.05, 0) is 18.8 Å². The maximum atomic E-state index is 12.0. The second-order valence-electron chi connectivity index (χ2n) is 4.61. The van der Waals surface area contributed by atoms with Gasteiger partial charge in [0, 0.05) is 12.5 Å². The Morgan fingerprint density at radius 3 is 2.69 bits per heavy atom. The van der Waals surface area contributed by atoms with Crippen LogP contribution < -0.4 is 0 Å². The predicted octanol–water partition coefficient (Wildman–Crippen LogP) is 0.344. The third kappa shape index (κ3) is 2.35. The molecule has 0 aromatic heterocycles. The number of nitrogens with zero attached hydrogens (tertiary/aromatic N) is 1.